The van der Waals surface area contributed by atoms with Crippen LogP contribution in [0.3, 0.4) is 0 Å². The molecule has 1 atom stereocenters. The molecule has 0 N–H and O–H groups in total. The van der Waals surface area contributed by atoms with Gasteiger partial charge in [0.1, 0.15) is 13.2 Å². The van der Waals surface area contributed by atoms with Crippen molar-refractivity contribution in [3.63, 3.8) is 0 Å². The van der Waals surface area contributed by atoms with Gasteiger partial charge in [-0.3, -0.25) is 14.4 Å². The Hall–Kier alpha value is -4.71. The Morgan fingerprint density at radius 2 is 0.482 bits per heavy atom. The second-order valence-electron chi connectivity index (χ2n) is 22.3. The predicted molar refractivity (Wildman–Crippen MR) is 362 cm³/mol. The van der Waals surface area contributed by atoms with Crippen LogP contribution < -0.4 is 0 Å². The van der Waals surface area contributed by atoms with Gasteiger partial charge in [0.15, 0.2) is 6.10 Å². The highest BCUT2D eigenvalue weighted by molar-refractivity contribution is 5.71. The lowest BCUT2D eigenvalue weighted by molar-refractivity contribution is -0.167. The van der Waals surface area contributed by atoms with E-state index in [4.69, 9.17) is 14.2 Å². The number of unbranched alkanes of at least 4 members (excludes halogenated alkanes) is 26. The first-order valence-corrected chi connectivity index (χ1v) is 34.3. The second kappa shape index (κ2) is 69.8. The molecule has 6 heteroatoms. The zero-order valence-corrected chi connectivity index (χ0v) is 53.9. The van der Waals surface area contributed by atoms with E-state index in [2.05, 4.69) is 167 Å². The molecule has 0 rings (SSSR count). The van der Waals surface area contributed by atoms with Crippen LogP contribution in [0.15, 0.2) is 146 Å². The summed E-state index contributed by atoms with van der Waals surface area (Å²) in [6.45, 7) is 6.35. The SMILES string of the molecule is CC/C=C\C/C=C\C/C=C\C/C=C\C/C=C\CCCCCCCCCCCCCCCCCC(=O)OCC(COC(=O)CCCCCCCCC/C=C\C/C=C\CCCCC)OC(=O)CCC/C=C\C/C=C\C/C=C\C/C=C\C/C=C\CC. The molecule has 0 radical (unpaired) electrons. The highest BCUT2D eigenvalue weighted by atomic mass is 16.6. The van der Waals surface area contributed by atoms with Crippen molar-refractivity contribution in [2.75, 3.05) is 13.2 Å². The molecule has 0 aliphatic heterocycles. The summed E-state index contributed by atoms with van der Waals surface area (Å²) < 4.78 is 16.9. The monoisotopic (exact) mass is 1150 g/mol. The Kier molecular flexibility index (Phi) is 65.8. The maximum atomic E-state index is 12.9. The van der Waals surface area contributed by atoms with Crippen LogP contribution in [0.4, 0.5) is 0 Å². The molecular formula is C77H126O6. The maximum absolute atomic E-state index is 12.9. The minimum Gasteiger partial charge on any atom is -0.462 e. The van der Waals surface area contributed by atoms with Crippen LogP contribution in [-0.4, -0.2) is 37.2 Å². The van der Waals surface area contributed by atoms with E-state index in [-0.39, 0.29) is 37.5 Å². The maximum Gasteiger partial charge on any atom is 0.306 e. The zero-order chi connectivity index (χ0) is 59.9. The summed E-state index contributed by atoms with van der Waals surface area (Å²) in [5.41, 5.74) is 0. The average Bonchev–Trinajstić information content (AvgIpc) is 3.49. The van der Waals surface area contributed by atoms with Gasteiger partial charge in [0.2, 0.25) is 0 Å². The quantitative estimate of drug-likeness (QED) is 0.0261. The lowest BCUT2D eigenvalue weighted by atomic mass is 10.0. The van der Waals surface area contributed by atoms with E-state index < -0.39 is 6.10 Å². The van der Waals surface area contributed by atoms with Gasteiger partial charge in [-0.2, -0.15) is 0 Å². The third-order valence-electron chi connectivity index (χ3n) is 14.3. The molecule has 0 heterocycles. The van der Waals surface area contributed by atoms with E-state index in [0.717, 1.165) is 122 Å². The molecule has 0 aliphatic carbocycles. The van der Waals surface area contributed by atoms with Gasteiger partial charge in [-0.05, 0) is 135 Å². The lowest BCUT2D eigenvalue weighted by Crippen LogP contribution is -2.30. The van der Waals surface area contributed by atoms with Crippen molar-refractivity contribution in [2.24, 2.45) is 0 Å². The first kappa shape index (κ1) is 78.3. The number of ether oxygens (including phenoxy) is 3. The Morgan fingerprint density at radius 1 is 0.253 bits per heavy atom. The summed E-state index contributed by atoms with van der Waals surface area (Å²) in [5, 5.41) is 0. The lowest BCUT2D eigenvalue weighted by Gasteiger charge is -2.18. The summed E-state index contributed by atoms with van der Waals surface area (Å²) in [5.74, 6) is -0.968. The Bertz CT molecular complexity index is 1800. The van der Waals surface area contributed by atoms with Crippen molar-refractivity contribution in [3.8, 4) is 0 Å². The summed E-state index contributed by atoms with van der Waals surface area (Å²) in [7, 11) is 0. The minimum atomic E-state index is -0.817. The topological polar surface area (TPSA) is 78.9 Å². The number of esters is 3. The molecule has 1 unspecified atom stereocenters. The van der Waals surface area contributed by atoms with Gasteiger partial charge in [-0.25, -0.2) is 0 Å². The molecule has 0 aromatic heterocycles. The van der Waals surface area contributed by atoms with Crippen molar-refractivity contribution < 1.29 is 28.6 Å². The summed E-state index contributed by atoms with van der Waals surface area (Å²) in [4.78, 5) is 38.4. The van der Waals surface area contributed by atoms with E-state index in [9.17, 15) is 14.4 Å². The van der Waals surface area contributed by atoms with Crippen LogP contribution in [0.25, 0.3) is 0 Å². The number of hydrogen-bond acceptors (Lipinski definition) is 6. The Morgan fingerprint density at radius 3 is 0.771 bits per heavy atom. The third kappa shape index (κ3) is 68.0. The average molecular weight is 1150 g/mol. The molecule has 0 saturated carbocycles. The molecule has 0 spiro atoms. The minimum absolute atomic E-state index is 0.106. The van der Waals surface area contributed by atoms with Gasteiger partial charge in [-0.15, -0.1) is 0 Å². The normalized spacial score (nSPS) is 13.0. The number of carbonyl (C=O) groups is 3. The second-order valence-corrected chi connectivity index (χ2v) is 22.3. The number of hydrogen-bond donors (Lipinski definition) is 0. The van der Waals surface area contributed by atoms with Crippen molar-refractivity contribution >= 4 is 17.9 Å². The summed E-state index contributed by atoms with van der Waals surface area (Å²) in [6.07, 6.45) is 100. The molecule has 0 amide bonds. The van der Waals surface area contributed by atoms with E-state index in [1.165, 1.54) is 135 Å². The van der Waals surface area contributed by atoms with E-state index in [1.54, 1.807) is 0 Å². The van der Waals surface area contributed by atoms with Crippen molar-refractivity contribution in [3.05, 3.63) is 146 Å². The number of allylic oxidation sites excluding steroid dienone is 24. The van der Waals surface area contributed by atoms with Gasteiger partial charge >= 0.3 is 17.9 Å². The standard InChI is InChI=1S/C77H126O6/c1-4-7-10-13-16-19-22-25-28-31-32-33-34-35-36-37-38-39-40-41-42-43-44-47-49-52-55-58-61-64-67-70-76(79)82-73-74(83-77(80)71-68-65-62-59-56-53-50-46-30-27-24-21-18-15-12-9-6-3)72-81-75(78)69-66-63-60-57-54-51-48-45-29-26-23-20-17-14-11-8-5-2/h7,9-10,12,16-21,25-30,32-33,35-36,50,53,59,62,74H,4-6,8,11,13-15,22-24,31,34,37-49,51-52,54-58,60-61,63-73H2,1-3H3/b10-7-,12-9-,19-16-,20-17-,21-18-,28-25-,29-26-,30-27-,33-32-,36-35-,53-50-,62-59-. The summed E-state index contributed by atoms with van der Waals surface area (Å²) in [6, 6.07) is 0. The van der Waals surface area contributed by atoms with Crippen LogP contribution in [0, 0.1) is 0 Å². The molecule has 83 heavy (non-hydrogen) atoms. The van der Waals surface area contributed by atoms with Crippen molar-refractivity contribution in [1.82, 2.24) is 0 Å². The molecule has 0 fully saturated rings. The van der Waals surface area contributed by atoms with Gasteiger partial charge in [0, 0.05) is 19.3 Å². The Labute approximate surface area is 512 Å². The fraction of sp³-hybridized carbons (Fsp3) is 0.649. The smallest absolute Gasteiger partial charge is 0.306 e. The molecular weight excluding hydrogens is 1020 g/mol. The van der Waals surface area contributed by atoms with Gasteiger partial charge < -0.3 is 14.2 Å². The molecule has 470 valence electrons. The van der Waals surface area contributed by atoms with Crippen molar-refractivity contribution in [1.29, 1.82) is 0 Å². The first-order valence-electron chi connectivity index (χ1n) is 34.3. The molecule has 0 aromatic carbocycles. The van der Waals surface area contributed by atoms with Crippen molar-refractivity contribution in [2.45, 2.75) is 309 Å². The fourth-order valence-electron chi connectivity index (χ4n) is 9.24. The molecule has 0 bridgehead atoms. The zero-order valence-electron chi connectivity index (χ0n) is 53.9. The molecule has 0 saturated heterocycles. The fourth-order valence-corrected chi connectivity index (χ4v) is 9.24. The van der Waals surface area contributed by atoms with Crippen LogP contribution in [0.2, 0.25) is 0 Å². The number of rotatable bonds is 61. The van der Waals surface area contributed by atoms with Gasteiger partial charge in [0.05, 0.1) is 0 Å². The third-order valence-corrected chi connectivity index (χ3v) is 14.3. The van der Waals surface area contributed by atoms with Crippen LogP contribution in [0.5, 0.6) is 0 Å². The predicted octanol–water partition coefficient (Wildman–Crippen LogP) is 23.9. The van der Waals surface area contributed by atoms with Gasteiger partial charge in [-0.1, -0.05) is 295 Å². The van der Waals surface area contributed by atoms with E-state index >= 15 is 0 Å². The van der Waals surface area contributed by atoms with Gasteiger partial charge in [0.25, 0.3) is 0 Å². The first-order chi connectivity index (χ1) is 41.0. The van der Waals surface area contributed by atoms with Crippen LogP contribution >= 0.6 is 0 Å². The number of carbonyl (C=O) groups excluding carboxylic acids is 3. The molecule has 6 nitrogen and oxygen atoms in total. The molecule has 0 aromatic rings. The Balaban J connectivity index is 4.34. The summed E-state index contributed by atoms with van der Waals surface area (Å²) >= 11 is 0. The van der Waals surface area contributed by atoms with Crippen LogP contribution in [0.1, 0.15) is 303 Å². The highest BCUT2D eigenvalue weighted by Crippen LogP contribution is 2.16. The van der Waals surface area contributed by atoms with Crippen LogP contribution in [-0.2, 0) is 28.6 Å². The van der Waals surface area contributed by atoms with E-state index in [1.807, 2.05) is 0 Å². The largest absolute Gasteiger partial charge is 0.462 e. The van der Waals surface area contributed by atoms with E-state index in [0.29, 0.717) is 19.3 Å². The highest BCUT2D eigenvalue weighted by Gasteiger charge is 2.19. The molecule has 0 aliphatic rings.